The second-order valence-electron chi connectivity index (χ2n) is 8.53. The van der Waals surface area contributed by atoms with Crippen molar-refractivity contribution in [2.75, 3.05) is 23.9 Å². The van der Waals surface area contributed by atoms with Gasteiger partial charge in [0.2, 0.25) is 5.91 Å². The summed E-state index contributed by atoms with van der Waals surface area (Å²) >= 11 is 12.2. The Balaban J connectivity index is 1.46. The zero-order chi connectivity index (χ0) is 24.8. The van der Waals surface area contributed by atoms with Crippen molar-refractivity contribution in [1.82, 2.24) is 10.2 Å². The number of amides is 1. The number of sulfonamides is 1. The molecule has 1 aliphatic heterocycles. The number of likely N-dealkylation sites (tertiary alicyclic amines) is 1. The van der Waals surface area contributed by atoms with E-state index in [9.17, 15) is 13.2 Å². The summed E-state index contributed by atoms with van der Waals surface area (Å²) in [4.78, 5) is 15.4. The summed E-state index contributed by atoms with van der Waals surface area (Å²) in [5, 5.41) is 3.37. The molecule has 0 saturated carbocycles. The number of nitrogens with one attached hydrogen (secondary N) is 1. The molecule has 1 fully saturated rings. The van der Waals surface area contributed by atoms with Crippen molar-refractivity contribution in [2.24, 2.45) is 0 Å². The number of benzene rings is 3. The molecule has 0 aliphatic carbocycles. The van der Waals surface area contributed by atoms with Gasteiger partial charge in [-0.1, -0.05) is 65.7 Å². The predicted molar refractivity (Wildman–Crippen MR) is 140 cm³/mol. The van der Waals surface area contributed by atoms with Gasteiger partial charge in [-0.2, -0.15) is 0 Å². The maximum Gasteiger partial charge on any atom is 0.264 e. The highest BCUT2D eigenvalue weighted by molar-refractivity contribution is 7.92. The molecule has 4 rings (SSSR count). The van der Waals surface area contributed by atoms with Crippen molar-refractivity contribution < 1.29 is 13.2 Å². The van der Waals surface area contributed by atoms with Crippen LogP contribution in [0.2, 0.25) is 10.0 Å². The minimum atomic E-state index is -4.03. The van der Waals surface area contributed by atoms with Gasteiger partial charge in [-0.15, -0.1) is 0 Å². The lowest BCUT2D eigenvalue weighted by Crippen LogP contribution is -2.40. The number of anilines is 1. The van der Waals surface area contributed by atoms with Gasteiger partial charge in [0, 0.05) is 23.1 Å². The highest BCUT2D eigenvalue weighted by Gasteiger charge is 2.27. The van der Waals surface area contributed by atoms with Crippen LogP contribution in [0.5, 0.6) is 0 Å². The van der Waals surface area contributed by atoms with Crippen LogP contribution in [0, 0.1) is 0 Å². The van der Waals surface area contributed by atoms with E-state index in [1.165, 1.54) is 48.7 Å². The van der Waals surface area contributed by atoms with E-state index in [1.807, 2.05) is 12.1 Å². The van der Waals surface area contributed by atoms with E-state index in [0.717, 1.165) is 29.5 Å². The minimum Gasteiger partial charge on any atom is -0.350 e. The van der Waals surface area contributed by atoms with Crippen molar-refractivity contribution in [3.8, 4) is 0 Å². The largest absolute Gasteiger partial charge is 0.350 e. The molecule has 1 N–H and O–H groups in total. The Morgan fingerprint density at radius 3 is 2.11 bits per heavy atom. The number of carbonyl (C=O) groups excluding carboxylic acids is 1. The van der Waals surface area contributed by atoms with Gasteiger partial charge in [0.05, 0.1) is 10.6 Å². The fraction of sp³-hybridized carbons (Fsp3) is 0.269. The molecule has 0 bridgehead atoms. The molecular weight excluding hydrogens is 505 g/mol. The fourth-order valence-electron chi connectivity index (χ4n) is 4.07. The van der Waals surface area contributed by atoms with Crippen molar-refractivity contribution in [3.05, 3.63) is 94.0 Å². The molecule has 9 heteroatoms. The van der Waals surface area contributed by atoms with Crippen LogP contribution >= 0.6 is 23.2 Å². The standard InChI is InChI=1S/C26H27Cl2N3O3S/c27-22-14-23(28)16-24(15-22)31(35(33,34)25-6-2-1-3-7-25)19-26(32)29-17-20-8-10-21(11-9-20)18-30-12-4-5-13-30/h1-3,6-11,14-16H,4-5,12-13,17-19H2,(H,29,32). The van der Waals surface area contributed by atoms with Crippen LogP contribution < -0.4 is 9.62 Å². The van der Waals surface area contributed by atoms with E-state index in [-0.39, 0.29) is 20.6 Å². The summed E-state index contributed by atoms with van der Waals surface area (Å²) in [6.07, 6.45) is 2.50. The monoisotopic (exact) mass is 531 g/mol. The summed E-state index contributed by atoms with van der Waals surface area (Å²) in [6, 6.07) is 20.5. The highest BCUT2D eigenvalue weighted by Crippen LogP contribution is 2.29. The maximum absolute atomic E-state index is 13.4. The predicted octanol–water partition coefficient (Wildman–Crippen LogP) is 5.10. The van der Waals surface area contributed by atoms with Crippen molar-refractivity contribution in [2.45, 2.75) is 30.8 Å². The van der Waals surface area contributed by atoms with Crippen LogP contribution in [-0.4, -0.2) is 38.9 Å². The Hall–Kier alpha value is -2.58. The van der Waals surface area contributed by atoms with Crippen LogP contribution in [0.25, 0.3) is 0 Å². The fourth-order valence-corrected chi connectivity index (χ4v) is 6.01. The Morgan fingerprint density at radius 1 is 0.886 bits per heavy atom. The zero-order valence-electron chi connectivity index (χ0n) is 19.2. The Kier molecular flexibility index (Phi) is 8.34. The number of hydrogen-bond acceptors (Lipinski definition) is 4. The van der Waals surface area contributed by atoms with Crippen LogP contribution in [-0.2, 0) is 27.9 Å². The van der Waals surface area contributed by atoms with Gasteiger partial charge in [-0.3, -0.25) is 14.0 Å². The summed E-state index contributed by atoms with van der Waals surface area (Å²) in [5.74, 6) is -0.443. The molecule has 35 heavy (non-hydrogen) atoms. The van der Waals surface area contributed by atoms with Gasteiger partial charge in [0.1, 0.15) is 6.54 Å². The maximum atomic E-state index is 13.4. The van der Waals surface area contributed by atoms with E-state index in [1.54, 1.807) is 18.2 Å². The molecule has 0 spiro atoms. The highest BCUT2D eigenvalue weighted by atomic mass is 35.5. The molecule has 184 valence electrons. The zero-order valence-corrected chi connectivity index (χ0v) is 21.5. The average molecular weight is 532 g/mol. The molecule has 1 heterocycles. The number of hydrogen-bond donors (Lipinski definition) is 1. The first-order valence-electron chi connectivity index (χ1n) is 11.4. The third-order valence-electron chi connectivity index (χ3n) is 5.87. The first kappa shape index (κ1) is 25.5. The lowest BCUT2D eigenvalue weighted by atomic mass is 10.1. The molecule has 0 unspecified atom stereocenters. The summed E-state index contributed by atoms with van der Waals surface area (Å²) in [7, 11) is -4.03. The lowest BCUT2D eigenvalue weighted by Gasteiger charge is -2.24. The molecule has 3 aromatic carbocycles. The van der Waals surface area contributed by atoms with E-state index in [2.05, 4.69) is 22.3 Å². The van der Waals surface area contributed by atoms with Crippen molar-refractivity contribution >= 4 is 44.8 Å². The van der Waals surface area contributed by atoms with Crippen LogP contribution in [0.4, 0.5) is 5.69 Å². The first-order chi connectivity index (χ1) is 16.8. The van der Waals surface area contributed by atoms with Crippen molar-refractivity contribution in [3.63, 3.8) is 0 Å². The number of carbonyl (C=O) groups is 1. The molecule has 1 amide bonds. The molecule has 0 aromatic heterocycles. The van der Waals surface area contributed by atoms with Crippen LogP contribution in [0.3, 0.4) is 0 Å². The Bertz CT molecular complexity index is 1240. The topological polar surface area (TPSA) is 69.7 Å². The third kappa shape index (κ3) is 6.76. The smallest absolute Gasteiger partial charge is 0.264 e. The normalized spacial score (nSPS) is 14.1. The Morgan fingerprint density at radius 2 is 1.49 bits per heavy atom. The van der Waals surface area contributed by atoms with Gasteiger partial charge < -0.3 is 5.32 Å². The number of nitrogens with zero attached hydrogens (tertiary/aromatic N) is 2. The number of halogens is 2. The molecule has 3 aromatic rings. The van der Waals surface area contributed by atoms with Gasteiger partial charge >= 0.3 is 0 Å². The second-order valence-corrected chi connectivity index (χ2v) is 11.3. The van der Waals surface area contributed by atoms with Gasteiger partial charge in [-0.25, -0.2) is 8.42 Å². The Labute approximate surface area is 216 Å². The van der Waals surface area contributed by atoms with E-state index in [0.29, 0.717) is 6.54 Å². The molecular formula is C26H27Cl2N3O3S. The van der Waals surface area contributed by atoms with Gasteiger partial charge in [-0.05, 0) is 67.4 Å². The summed E-state index contributed by atoms with van der Waals surface area (Å²) < 4.78 is 27.8. The SMILES string of the molecule is O=C(CN(c1cc(Cl)cc(Cl)c1)S(=O)(=O)c1ccccc1)NCc1ccc(CN2CCCC2)cc1. The summed E-state index contributed by atoms with van der Waals surface area (Å²) in [5.41, 5.74) is 2.39. The quantitative estimate of drug-likeness (QED) is 0.417. The first-order valence-corrected chi connectivity index (χ1v) is 13.6. The van der Waals surface area contributed by atoms with Crippen molar-refractivity contribution in [1.29, 1.82) is 0 Å². The van der Waals surface area contributed by atoms with Gasteiger partial charge in [0.15, 0.2) is 0 Å². The van der Waals surface area contributed by atoms with Crippen LogP contribution in [0.15, 0.2) is 77.7 Å². The molecule has 0 radical (unpaired) electrons. The molecule has 0 atom stereocenters. The van der Waals surface area contributed by atoms with Crippen LogP contribution in [0.1, 0.15) is 24.0 Å². The average Bonchev–Trinajstić information content (AvgIpc) is 3.35. The van der Waals surface area contributed by atoms with E-state index in [4.69, 9.17) is 23.2 Å². The second kappa shape index (κ2) is 11.4. The van der Waals surface area contributed by atoms with Gasteiger partial charge in [0.25, 0.3) is 10.0 Å². The van der Waals surface area contributed by atoms with E-state index < -0.39 is 22.5 Å². The summed E-state index contributed by atoms with van der Waals surface area (Å²) in [6.45, 7) is 3.08. The molecule has 1 aliphatic rings. The molecule has 6 nitrogen and oxygen atoms in total. The lowest BCUT2D eigenvalue weighted by molar-refractivity contribution is -0.119. The minimum absolute atomic E-state index is 0.0671. The third-order valence-corrected chi connectivity index (χ3v) is 8.10. The molecule has 1 saturated heterocycles. The number of rotatable bonds is 9. The van der Waals surface area contributed by atoms with E-state index >= 15 is 0 Å².